The van der Waals surface area contributed by atoms with Crippen molar-refractivity contribution in [1.29, 1.82) is 0 Å². The Balaban J connectivity index is 0.00000139. The van der Waals surface area contributed by atoms with Gasteiger partial charge >= 0.3 is 6.09 Å². The van der Waals surface area contributed by atoms with Crippen LogP contribution in [-0.2, 0) is 4.74 Å². The molecule has 1 aliphatic heterocycles. The number of hydrogen-bond acceptors (Lipinski definition) is 3. The number of carbonyl (C=O) groups excluding carboxylic acids is 2. The average Bonchev–Trinajstić information content (AvgIpc) is 2.55. The summed E-state index contributed by atoms with van der Waals surface area (Å²) >= 11 is 0. The van der Waals surface area contributed by atoms with Gasteiger partial charge in [-0.25, -0.2) is 4.79 Å². The third-order valence-corrected chi connectivity index (χ3v) is 3.45. The highest BCUT2D eigenvalue weighted by Gasteiger charge is 2.27. The Morgan fingerprint density at radius 3 is 2.38 bits per heavy atom. The van der Waals surface area contributed by atoms with Crippen LogP contribution >= 0.6 is 0 Å². The first-order valence-corrected chi connectivity index (χ1v) is 8.69. The fourth-order valence-electron chi connectivity index (χ4n) is 2.52. The summed E-state index contributed by atoms with van der Waals surface area (Å²) in [4.78, 5) is 26.1. The minimum absolute atomic E-state index is 0.0105. The van der Waals surface area contributed by atoms with Gasteiger partial charge in [-0.05, 0) is 45.7 Å². The van der Waals surface area contributed by atoms with Crippen LogP contribution in [0.25, 0.3) is 0 Å². The lowest BCUT2D eigenvalue weighted by molar-refractivity contribution is 0.0452. The van der Waals surface area contributed by atoms with Gasteiger partial charge in [-0.1, -0.05) is 32.0 Å². The van der Waals surface area contributed by atoms with Crippen molar-refractivity contribution in [3.8, 4) is 0 Å². The molecule has 1 N–H and O–H groups in total. The van der Waals surface area contributed by atoms with Crippen molar-refractivity contribution in [2.45, 2.75) is 59.1 Å². The second-order valence-corrected chi connectivity index (χ2v) is 6.60. The van der Waals surface area contributed by atoms with E-state index in [1.165, 1.54) is 0 Å². The van der Waals surface area contributed by atoms with Crippen LogP contribution in [0.5, 0.6) is 0 Å². The monoisotopic (exact) mass is 334 g/mol. The molecule has 0 aromatic heterocycles. The molecule has 1 aromatic rings. The molecule has 1 saturated heterocycles. The summed E-state index contributed by atoms with van der Waals surface area (Å²) in [6.45, 7) is 10.7. The summed E-state index contributed by atoms with van der Waals surface area (Å²) in [6.07, 6.45) is 1.31. The lowest BCUT2D eigenvalue weighted by Crippen LogP contribution is -2.50. The predicted molar refractivity (Wildman–Crippen MR) is 96.1 cm³/mol. The fourth-order valence-corrected chi connectivity index (χ4v) is 2.52. The topological polar surface area (TPSA) is 58.6 Å². The number of nitrogens with zero attached hydrogens (tertiary/aromatic N) is 1. The summed E-state index contributed by atoms with van der Waals surface area (Å²) in [5.74, 6) is 0.0105. The molecule has 134 valence electrons. The van der Waals surface area contributed by atoms with E-state index >= 15 is 0 Å². The van der Waals surface area contributed by atoms with Crippen LogP contribution in [0.1, 0.15) is 57.8 Å². The van der Waals surface area contributed by atoms with E-state index in [-0.39, 0.29) is 11.9 Å². The summed E-state index contributed by atoms with van der Waals surface area (Å²) in [7, 11) is 0. The summed E-state index contributed by atoms with van der Waals surface area (Å²) < 4.78 is 5.27. The van der Waals surface area contributed by atoms with E-state index in [9.17, 15) is 9.59 Å². The smallest absolute Gasteiger partial charge is 0.407 e. The Kier molecular flexibility index (Phi) is 7.75. The number of alkyl carbamates (subject to hydrolysis) is 1. The van der Waals surface area contributed by atoms with E-state index in [4.69, 9.17) is 4.74 Å². The zero-order valence-electron chi connectivity index (χ0n) is 15.5. The van der Waals surface area contributed by atoms with Gasteiger partial charge in [0.05, 0.1) is 0 Å². The van der Waals surface area contributed by atoms with Gasteiger partial charge < -0.3 is 15.0 Å². The third kappa shape index (κ3) is 6.60. The molecule has 0 saturated carbocycles. The minimum atomic E-state index is -0.516. The molecule has 1 aliphatic rings. The van der Waals surface area contributed by atoms with Crippen LogP contribution in [0.2, 0.25) is 0 Å². The number of amides is 2. The Bertz CT molecular complexity index is 523. The van der Waals surface area contributed by atoms with Gasteiger partial charge in [0.2, 0.25) is 0 Å². The van der Waals surface area contributed by atoms with Crippen LogP contribution in [0.4, 0.5) is 4.79 Å². The molecular weight excluding hydrogens is 304 g/mol. The van der Waals surface area contributed by atoms with Gasteiger partial charge in [-0.2, -0.15) is 0 Å². The van der Waals surface area contributed by atoms with Crippen molar-refractivity contribution in [2.24, 2.45) is 0 Å². The first-order valence-electron chi connectivity index (χ1n) is 8.69. The maximum Gasteiger partial charge on any atom is 0.407 e. The van der Waals surface area contributed by atoms with Gasteiger partial charge in [-0.3, -0.25) is 4.79 Å². The van der Waals surface area contributed by atoms with Crippen molar-refractivity contribution < 1.29 is 14.3 Å². The first kappa shape index (κ1) is 20.0. The van der Waals surface area contributed by atoms with Crippen molar-refractivity contribution >= 4 is 12.0 Å². The first-order chi connectivity index (χ1) is 11.3. The Hall–Kier alpha value is -2.04. The number of rotatable bonds is 2. The predicted octanol–water partition coefficient (Wildman–Crippen LogP) is 3.84. The van der Waals surface area contributed by atoms with E-state index in [0.29, 0.717) is 12.1 Å². The highest BCUT2D eigenvalue weighted by molar-refractivity contribution is 5.94. The van der Waals surface area contributed by atoms with Gasteiger partial charge in [0, 0.05) is 24.7 Å². The highest BCUT2D eigenvalue weighted by atomic mass is 16.6. The van der Waals surface area contributed by atoms with Gasteiger partial charge in [0.15, 0.2) is 0 Å². The molecule has 5 heteroatoms. The molecule has 24 heavy (non-hydrogen) atoms. The molecule has 5 nitrogen and oxygen atoms in total. The van der Waals surface area contributed by atoms with Gasteiger partial charge in [-0.15, -0.1) is 0 Å². The molecule has 1 unspecified atom stereocenters. The van der Waals surface area contributed by atoms with Crippen molar-refractivity contribution in [3.63, 3.8) is 0 Å². The minimum Gasteiger partial charge on any atom is -0.444 e. The summed E-state index contributed by atoms with van der Waals surface area (Å²) in [6, 6.07) is 9.16. The number of likely N-dealkylation sites (tertiary alicyclic amines) is 1. The molecule has 1 fully saturated rings. The number of benzene rings is 1. The molecule has 1 heterocycles. The van der Waals surface area contributed by atoms with Crippen LogP contribution in [0, 0.1) is 0 Å². The Morgan fingerprint density at radius 1 is 1.17 bits per heavy atom. The molecule has 0 bridgehead atoms. The molecule has 1 atom stereocenters. The van der Waals surface area contributed by atoms with E-state index in [1.807, 2.05) is 65.0 Å². The Morgan fingerprint density at radius 2 is 1.79 bits per heavy atom. The van der Waals surface area contributed by atoms with E-state index in [1.54, 1.807) is 4.90 Å². The number of nitrogens with one attached hydrogen (secondary N) is 1. The number of piperidine rings is 1. The second-order valence-electron chi connectivity index (χ2n) is 6.60. The normalized spacial score (nSPS) is 17.4. The highest BCUT2D eigenvalue weighted by Crippen LogP contribution is 2.15. The Labute approximate surface area is 145 Å². The molecule has 2 rings (SSSR count). The number of carbonyl (C=O) groups is 2. The molecule has 0 radical (unpaired) electrons. The molecule has 0 spiro atoms. The lowest BCUT2D eigenvalue weighted by atomic mass is 10.0. The van der Waals surface area contributed by atoms with Crippen LogP contribution in [0.3, 0.4) is 0 Å². The zero-order valence-corrected chi connectivity index (χ0v) is 15.5. The van der Waals surface area contributed by atoms with Crippen LogP contribution in [0.15, 0.2) is 30.3 Å². The second kappa shape index (κ2) is 9.30. The summed E-state index contributed by atoms with van der Waals surface area (Å²) in [5, 5.41) is 2.86. The molecule has 1 aromatic carbocycles. The largest absolute Gasteiger partial charge is 0.444 e. The van der Waals surface area contributed by atoms with Crippen LogP contribution < -0.4 is 5.32 Å². The quantitative estimate of drug-likeness (QED) is 0.894. The lowest BCUT2D eigenvalue weighted by Gasteiger charge is -2.33. The third-order valence-electron chi connectivity index (χ3n) is 3.45. The SMILES string of the molecule is CC.CC(C)(C)OC(=O)NC1CCCN(C(=O)c2ccccc2)C1. The van der Waals surface area contributed by atoms with Crippen molar-refractivity contribution in [3.05, 3.63) is 35.9 Å². The molecule has 2 amide bonds. The zero-order chi connectivity index (χ0) is 18.2. The van der Waals surface area contributed by atoms with E-state index < -0.39 is 11.7 Å². The van der Waals surface area contributed by atoms with Crippen LogP contribution in [-0.4, -0.2) is 41.6 Å². The standard InChI is InChI=1S/C17H24N2O3.C2H6/c1-17(2,3)22-16(21)18-14-10-7-11-19(12-14)15(20)13-8-5-4-6-9-13;1-2/h4-6,8-9,14H,7,10-12H2,1-3H3,(H,18,21);1-2H3. The number of ether oxygens (including phenoxy) is 1. The number of hydrogen-bond donors (Lipinski definition) is 1. The van der Waals surface area contributed by atoms with Crippen molar-refractivity contribution in [2.75, 3.05) is 13.1 Å². The van der Waals surface area contributed by atoms with Gasteiger partial charge in [0.25, 0.3) is 5.91 Å². The van der Waals surface area contributed by atoms with Gasteiger partial charge in [0.1, 0.15) is 5.60 Å². The molecule has 0 aliphatic carbocycles. The van der Waals surface area contributed by atoms with E-state index in [2.05, 4.69) is 5.32 Å². The van der Waals surface area contributed by atoms with E-state index in [0.717, 1.165) is 19.4 Å². The fraction of sp³-hybridized carbons (Fsp3) is 0.579. The maximum atomic E-state index is 12.4. The summed E-state index contributed by atoms with van der Waals surface area (Å²) in [5.41, 5.74) is 0.165. The molecular formula is C19H30N2O3. The average molecular weight is 334 g/mol. The van der Waals surface area contributed by atoms with Crippen molar-refractivity contribution in [1.82, 2.24) is 10.2 Å². The maximum absolute atomic E-state index is 12.4.